The van der Waals surface area contributed by atoms with Crippen LogP contribution in [0.1, 0.15) is 36.0 Å². The lowest BCUT2D eigenvalue weighted by Crippen LogP contribution is -2.52. The van der Waals surface area contributed by atoms with Crippen molar-refractivity contribution in [3.63, 3.8) is 0 Å². The van der Waals surface area contributed by atoms with Crippen molar-refractivity contribution < 1.29 is 9.59 Å². The normalized spacial score (nSPS) is 14.5. The minimum Gasteiger partial charge on any atom is -0.355 e. The number of hydrogen-bond donors (Lipinski definition) is 1. The second kappa shape index (κ2) is 11.3. The molecule has 1 aliphatic rings. The van der Waals surface area contributed by atoms with E-state index in [-0.39, 0.29) is 11.8 Å². The minimum atomic E-state index is -0.627. The van der Waals surface area contributed by atoms with Crippen molar-refractivity contribution in [2.75, 3.05) is 19.6 Å². The molecule has 0 spiro atoms. The van der Waals surface area contributed by atoms with Crippen molar-refractivity contribution in [1.82, 2.24) is 10.2 Å². The summed E-state index contributed by atoms with van der Waals surface area (Å²) in [5.74, 6) is 5.57. The first-order chi connectivity index (χ1) is 16.7. The van der Waals surface area contributed by atoms with Gasteiger partial charge in [0.25, 0.3) is 5.91 Å². The van der Waals surface area contributed by atoms with Crippen LogP contribution in [0, 0.1) is 11.8 Å². The Morgan fingerprint density at radius 2 is 1.41 bits per heavy atom. The Morgan fingerprint density at radius 3 is 2.06 bits per heavy atom. The van der Waals surface area contributed by atoms with Gasteiger partial charge in [0.1, 0.15) is 0 Å². The fourth-order valence-corrected chi connectivity index (χ4v) is 4.53. The zero-order valence-electron chi connectivity index (χ0n) is 19.4. The number of piperidine rings is 1. The molecule has 1 heterocycles. The highest BCUT2D eigenvalue weighted by molar-refractivity contribution is 5.95. The minimum absolute atomic E-state index is 0.0502. The van der Waals surface area contributed by atoms with Gasteiger partial charge in [-0.25, -0.2) is 0 Å². The summed E-state index contributed by atoms with van der Waals surface area (Å²) in [5, 5.41) is 3.18. The molecule has 3 aromatic carbocycles. The molecule has 0 aliphatic carbocycles. The van der Waals surface area contributed by atoms with Crippen LogP contribution in [-0.4, -0.2) is 36.3 Å². The third-order valence-electron chi connectivity index (χ3n) is 6.52. The Labute approximate surface area is 202 Å². The van der Waals surface area contributed by atoms with Crippen LogP contribution in [-0.2, 0) is 21.4 Å². The van der Waals surface area contributed by atoms with Crippen molar-refractivity contribution in [2.24, 2.45) is 0 Å². The van der Waals surface area contributed by atoms with E-state index in [2.05, 4.69) is 29.3 Å². The molecule has 1 aliphatic heterocycles. The average molecular weight is 451 g/mol. The SMILES string of the molecule is O=C(C#Cc1ccccc1)N1CCC(C(=O)NCCCc2ccccc2)(c2ccccc2)CC1. The van der Waals surface area contributed by atoms with Crippen LogP contribution in [0.5, 0.6) is 0 Å². The van der Waals surface area contributed by atoms with E-state index in [1.54, 1.807) is 4.90 Å². The van der Waals surface area contributed by atoms with Crippen LogP contribution in [0.2, 0.25) is 0 Å². The standard InChI is InChI=1S/C30H30N2O2/c33-28(19-18-26-13-6-2-7-14-26)32-23-20-30(21-24-32,27-16-8-3-9-17-27)29(34)31-22-10-15-25-11-4-1-5-12-25/h1-9,11-14,16-17H,10,15,20-24H2,(H,31,34). The Hall–Kier alpha value is -3.84. The Kier molecular flexibility index (Phi) is 7.78. The molecule has 2 amide bonds. The summed E-state index contributed by atoms with van der Waals surface area (Å²) >= 11 is 0. The van der Waals surface area contributed by atoms with E-state index < -0.39 is 5.41 Å². The van der Waals surface area contributed by atoms with E-state index >= 15 is 0 Å². The van der Waals surface area contributed by atoms with Crippen LogP contribution in [0.25, 0.3) is 0 Å². The highest BCUT2D eigenvalue weighted by Crippen LogP contribution is 2.36. The number of rotatable bonds is 6. The summed E-state index contributed by atoms with van der Waals surface area (Å²) in [6.07, 6.45) is 2.99. The number of nitrogens with one attached hydrogen (secondary N) is 1. The van der Waals surface area contributed by atoms with Gasteiger partial charge in [-0.05, 0) is 48.9 Å². The fourth-order valence-electron chi connectivity index (χ4n) is 4.53. The number of carbonyl (C=O) groups excluding carboxylic acids is 2. The molecular weight excluding hydrogens is 420 g/mol. The molecule has 4 rings (SSSR count). The maximum absolute atomic E-state index is 13.5. The lowest BCUT2D eigenvalue weighted by atomic mass is 9.72. The van der Waals surface area contributed by atoms with Gasteiger partial charge < -0.3 is 10.2 Å². The molecule has 0 atom stereocenters. The zero-order chi connectivity index (χ0) is 23.6. The predicted molar refractivity (Wildman–Crippen MR) is 135 cm³/mol. The van der Waals surface area contributed by atoms with Crippen molar-refractivity contribution in [1.29, 1.82) is 0 Å². The predicted octanol–water partition coefficient (Wildman–Crippen LogP) is 4.35. The summed E-state index contributed by atoms with van der Waals surface area (Å²) in [5.41, 5.74) is 2.48. The van der Waals surface area contributed by atoms with Crippen molar-refractivity contribution in [3.05, 3.63) is 108 Å². The third-order valence-corrected chi connectivity index (χ3v) is 6.52. The Balaban J connectivity index is 1.39. The van der Waals surface area contributed by atoms with Crippen molar-refractivity contribution in [2.45, 2.75) is 31.1 Å². The van der Waals surface area contributed by atoms with E-state index in [4.69, 9.17) is 0 Å². The molecule has 0 saturated carbocycles. The second-order valence-corrected chi connectivity index (χ2v) is 8.70. The fraction of sp³-hybridized carbons (Fsp3) is 0.267. The molecule has 34 heavy (non-hydrogen) atoms. The smallest absolute Gasteiger partial charge is 0.298 e. The van der Waals surface area contributed by atoms with E-state index in [0.717, 1.165) is 24.0 Å². The van der Waals surface area contributed by atoms with Gasteiger partial charge in [-0.3, -0.25) is 9.59 Å². The Bertz CT molecular complexity index is 1140. The summed E-state index contributed by atoms with van der Waals surface area (Å²) in [6.45, 7) is 1.65. The molecule has 1 fully saturated rings. The summed E-state index contributed by atoms with van der Waals surface area (Å²) in [6, 6.07) is 29.8. The number of nitrogens with zero attached hydrogens (tertiary/aromatic N) is 1. The molecule has 0 unspecified atom stereocenters. The first-order valence-corrected chi connectivity index (χ1v) is 11.9. The third kappa shape index (κ3) is 5.74. The van der Waals surface area contributed by atoms with Crippen molar-refractivity contribution >= 4 is 11.8 Å². The number of aryl methyl sites for hydroxylation is 1. The molecule has 0 bridgehead atoms. The number of benzene rings is 3. The van der Waals surface area contributed by atoms with E-state index in [0.29, 0.717) is 32.5 Å². The van der Waals surface area contributed by atoms with Crippen molar-refractivity contribution in [3.8, 4) is 11.8 Å². The largest absolute Gasteiger partial charge is 0.355 e. The summed E-state index contributed by atoms with van der Waals surface area (Å²) < 4.78 is 0. The number of hydrogen-bond acceptors (Lipinski definition) is 2. The molecule has 3 aromatic rings. The summed E-state index contributed by atoms with van der Waals surface area (Å²) in [4.78, 5) is 27.9. The van der Waals surface area contributed by atoms with Gasteiger partial charge in [-0.15, -0.1) is 0 Å². The maximum Gasteiger partial charge on any atom is 0.298 e. The molecule has 4 heteroatoms. The number of amides is 2. The highest BCUT2D eigenvalue weighted by Gasteiger charge is 2.43. The molecule has 1 N–H and O–H groups in total. The van der Waals surface area contributed by atoms with E-state index in [1.165, 1.54) is 5.56 Å². The van der Waals surface area contributed by atoms with Gasteiger partial charge in [-0.2, -0.15) is 0 Å². The Morgan fingerprint density at radius 1 is 0.824 bits per heavy atom. The molecular formula is C30H30N2O2. The highest BCUT2D eigenvalue weighted by atomic mass is 16.2. The second-order valence-electron chi connectivity index (χ2n) is 8.70. The lowest BCUT2D eigenvalue weighted by Gasteiger charge is -2.40. The summed E-state index contributed by atoms with van der Waals surface area (Å²) in [7, 11) is 0. The van der Waals surface area contributed by atoms with Crippen LogP contribution in [0.15, 0.2) is 91.0 Å². The molecule has 0 radical (unpaired) electrons. The van der Waals surface area contributed by atoms with Crippen LogP contribution in [0.3, 0.4) is 0 Å². The van der Waals surface area contributed by atoms with Crippen LogP contribution in [0.4, 0.5) is 0 Å². The first kappa shape index (κ1) is 23.3. The lowest BCUT2D eigenvalue weighted by molar-refractivity contribution is -0.133. The monoisotopic (exact) mass is 450 g/mol. The molecule has 0 aromatic heterocycles. The van der Waals surface area contributed by atoms with Crippen LogP contribution >= 0.6 is 0 Å². The molecule has 1 saturated heterocycles. The van der Waals surface area contributed by atoms with Gasteiger partial charge in [0.15, 0.2) is 0 Å². The topological polar surface area (TPSA) is 49.4 Å². The van der Waals surface area contributed by atoms with Gasteiger partial charge in [0.2, 0.25) is 5.91 Å². The quantitative estimate of drug-likeness (QED) is 0.448. The van der Waals surface area contributed by atoms with Gasteiger partial charge in [-0.1, -0.05) is 84.8 Å². The number of likely N-dealkylation sites (tertiary alicyclic amines) is 1. The molecule has 172 valence electrons. The van der Waals surface area contributed by atoms with Gasteiger partial charge in [0.05, 0.1) is 5.41 Å². The van der Waals surface area contributed by atoms with Crippen LogP contribution < -0.4 is 5.32 Å². The zero-order valence-corrected chi connectivity index (χ0v) is 19.4. The van der Waals surface area contributed by atoms with E-state index in [1.807, 2.05) is 78.9 Å². The maximum atomic E-state index is 13.5. The van der Waals surface area contributed by atoms with Gasteiger partial charge >= 0.3 is 0 Å². The molecule has 4 nitrogen and oxygen atoms in total. The number of carbonyl (C=O) groups is 2. The van der Waals surface area contributed by atoms with E-state index in [9.17, 15) is 9.59 Å². The average Bonchev–Trinajstić information content (AvgIpc) is 2.91. The first-order valence-electron chi connectivity index (χ1n) is 11.9. The van der Waals surface area contributed by atoms with Gasteiger partial charge in [0, 0.05) is 31.1 Å².